The fraction of sp³-hybridized carbons (Fsp3) is 0.471. The molecule has 0 saturated carbocycles. The Labute approximate surface area is 142 Å². The number of nitrogens with one attached hydrogen (secondary N) is 3. The highest BCUT2D eigenvalue weighted by Gasteiger charge is 2.28. The van der Waals surface area contributed by atoms with Crippen molar-refractivity contribution in [3.63, 3.8) is 0 Å². The van der Waals surface area contributed by atoms with Crippen molar-refractivity contribution in [3.05, 3.63) is 36.0 Å². The average molecular weight is 348 g/mol. The highest BCUT2D eigenvalue weighted by molar-refractivity contribution is 7.91. The van der Waals surface area contributed by atoms with Crippen LogP contribution in [0.1, 0.15) is 18.9 Å². The van der Waals surface area contributed by atoms with E-state index in [0.717, 1.165) is 18.5 Å². The number of benzene rings is 1. The van der Waals surface area contributed by atoms with E-state index in [9.17, 15) is 8.42 Å². The summed E-state index contributed by atoms with van der Waals surface area (Å²) < 4.78 is 23.1. The van der Waals surface area contributed by atoms with Crippen LogP contribution in [0.25, 0.3) is 10.9 Å². The number of hydrogen-bond acceptors (Lipinski definition) is 3. The van der Waals surface area contributed by atoms with Crippen LogP contribution in [0.4, 0.5) is 0 Å². The van der Waals surface area contributed by atoms with Crippen LogP contribution in [0.15, 0.2) is 35.5 Å². The largest absolute Gasteiger partial charge is 0.361 e. The molecule has 1 fully saturated rings. The number of H-pyrrole nitrogens is 1. The molecule has 2 aromatic rings. The molecule has 3 N–H and O–H groups in total. The van der Waals surface area contributed by atoms with Gasteiger partial charge in [0, 0.05) is 36.2 Å². The second kappa shape index (κ2) is 7.25. The minimum Gasteiger partial charge on any atom is -0.361 e. The van der Waals surface area contributed by atoms with Gasteiger partial charge in [-0.25, -0.2) is 8.42 Å². The Bertz CT molecular complexity index is 826. The van der Waals surface area contributed by atoms with Crippen molar-refractivity contribution in [2.45, 2.75) is 25.8 Å². The van der Waals surface area contributed by atoms with E-state index in [4.69, 9.17) is 0 Å². The zero-order valence-electron chi connectivity index (χ0n) is 13.9. The van der Waals surface area contributed by atoms with Crippen LogP contribution in [0.5, 0.6) is 0 Å². The summed E-state index contributed by atoms with van der Waals surface area (Å²) in [4.78, 5) is 7.86. The number of aliphatic imine (C=N–C) groups is 1. The Morgan fingerprint density at radius 3 is 2.96 bits per heavy atom. The maximum absolute atomic E-state index is 11.6. The van der Waals surface area contributed by atoms with Crippen LogP contribution >= 0.6 is 0 Å². The van der Waals surface area contributed by atoms with Gasteiger partial charge in [-0.1, -0.05) is 18.2 Å². The summed E-state index contributed by atoms with van der Waals surface area (Å²) in [5.41, 5.74) is 2.38. The molecule has 3 rings (SSSR count). The predicted molar refractivity (Wildman–Crippen MR) is 98.2 cm³/mol. The number of hydrogen-bond donors (Lipinski definition) is 3. The number of aromatic nitrogens is 1. The molecular formula is C17H24N4O2S. The number of rotatable bonds is 5. The normalized spacial score (nSPS) is 20.4. The second-order valence-electron chi connectivity index (χ2n) is 6.11. The van der Waals surface area contributed by atoms with E-state index in [-0.39, 0.29) is 17.5 Å². The minimum atomic E-state index is -2.89. The third kappa shape index (κ3) is 4.08. The SMILES string of the molecule is CCNC(=NCCc1c[nH]c2ccccc12)NC1CCS(=O)(=O)C1. The van der Waals surface area contributed by atoms with E-state index >= 15 is 0 Å². The summed E-state index contributed by atoms with van der Waals surface area (Å²) in [6.07, 6.45) is 3.52. The van der Waals surface area contributed by atoms with E-state index in [0.29, 0.717) is 18.9 Å². The van der Waals surface area contributed by atoms with Crippen LogP contribution in [0.3, 0.4) is 0 Å². The first kappa shape index (κ1) is 16.8. The number of aromatic amines is 1. The zero-order valence-corrected chi connectivity index (χ0v) is 14.7. The number of nitrogens with zero attached hydrogens (tertiary/aromatic N) is 1. The first-order valence-electron chi connectivity index (χ1n) is 8.37. The third-order valence-electron chi connectivity index (χ3n) is 4.24. The summed E-state index contributed by atoms with van der Waals surface area (Å²) in [6.45, 7) is 3.40. The monoisotopic (exact) mass is 348 g/mol. The third-order valence-corrected chi connectivity index (χ3v) is 6.01. The molecule has 1 aliphatic heterocycles. The van der Waals surface area contributed by atoms with Crippen LogP contribution in [-0.2, 0) is 16.3 Å². The lowest BCUT2D eigenvalue weighted by atomic mass is 10.1. The maximum atomic E-state index is 11.6. The van der Waals surface area contributed by atoms with Crippen LogP contribution < -0.4 is 10.6 Å². The Hall–Kier alpha value is -2.02. The van der Waals surface area contributed by atoms with Crippen molar-refractivity contribution in [1.82, 2.24) is 15.6 Å². The standard InChI is InChI=1S/C17H24N4O2S/c1-2-18-17(21-14-8-10-24(22,23)12-14)19-9-7-13-11-20-16-6-4-3-5-15(13)16/h3-6,11,14,20H,2,7-10,12H2,1H3,(H2,18,19,21). The molecule has 0 spiro atoms. The molecule has 0 amide bonds. The number of sulfone groups is 1. The molecule has 130 valence electrons. The number of fused-ring (bicyclic) bond motifs is 1. The van der Waals surface area contributed by atoms with Crippen molar-refractivity contribution in [2.75, 3.05) is 24.6 Å². The molecule has 1 aromatic heterocycles. The fourth-order valence-electron chi connectivity index (χ4n) is 3.05. The molecule has 1 atom stereocenters. The van der Waals surface area contributed by atoms with Gasteiger partial charge < -0.3 is 15.6 Å². The molecule has 1 saturated heterocycles. The van der Waals surface area contributed by atoms with Crippen molar-refractivity contribution in [2.24, 2.45) is 4.99 Å². The molecule has 6 nitrogen and oxygen atoms in total. The number of guanidine groups is 1. The molecule has 1 aromatic carbocycles. The first-order chi connectivity index (χ1) is 11.6. The number of para-hydroxylation sites is 1. The van der Waals surface area contributed by atoms with E-state index in [1.807, 2.05) is 25.3 Å². The molecule has 2 heterocycles. The summed E-state index contributed by atoms with van der Waals surface area (Å²) >= 11 is 0. The quantitative estimate of drug-likeness (QED) is 0.564. The van der Waals surface area contributed by atoms with Gasteiger partial charge in [0.25, 0.3) is 0 Å². The zero-order chi connectivity index (χ0) is 17.0. The lowest BCUT2D eigenvalue weighted by Crippen LogP contribution is -2.44. The van der Waals surface area contributed by atoms with E-state index in [2.05, 4.69) is 32.7 Å². The van der Waals surface area contributed by atoms with Gasteiger partial charge in [0.05, 0.1) is 11.5 Å². The average Bonchev–Trinajstić information content (AvgIpc) is 3.11. The van der Waals surface area contributed by atoms with Crippen LogP contribution in [0, 0.1) is 0 Å². The summed E-state index contributed by atoms with van der Waals surface area (Å²) in [5, 5.41) is 7.66. The van der Waals surface area contributed by atoms with Crippen molar-refractivity contribution >= 4 is 26.7 Å². The smallest absolute Gasteiger partial charge is 0.191 e. The van der Waals surface area contributed by atoms with Gasteiger partial charge >= 0.3 is 0 Å². The van der Waals surface area contributed by atoms with Gasteiger partial charge in [-0.2, -0.15) is 0 Å². The highest BCUT2D eigenvalue weighted by atomic mass is 32.2. The van der Waals surface area contributed by atoms with Gasteiger partial charge in [0.2, 0.25) is 0 Å². The van der Waals surface area contributed by atoms with Gasteiger partial charge in [0.15, 0.2) is 15.8 Å². The van der Waals surface area contributed by atoms with Gasteiger partial charge in [-0.05, 0) is 31.4 Å². The fourth-order valence-corrected chi connectivity index (χ4v) is 4.72. The van der Waals surface area contributed by atoms with E-state index < -0.39 is 9.84 Å². The van der Waals surface area contributed by atoms with Crippen molar-refractivity contribution in [1.29, 1.82) is 0 Å². The van der Waals surface area contributed by atoms with Crippen LogP contribution in [0.2, 0.25) is 0 Å². The Morgan fingerprint density at radius 2 is 2.21 bits per heavy atom. The summed E-state index contributed by atoms with van der Waals surface area (Å²) in [5.74, 6) is 1.15. The van der Waals surface area contributed by atoms with E-state index in [1.165, 1.54) is 10.9 Å². The van der Waals surface area contributed by atoms with Crippen molar-refractivity contribution in [3.8, 4) is 0 Å². The lowest BCUT2D eigenvalue weighted by Gasteiger charge is -2.15. The van der Waals surface area contributed by atoms with E-state index in [1.54, 1.807) is 0 Å². The van der Waals surface area contributed by atoms with Gasteiger partial charge in [0.1, 0.15) is 0 Å². The Kier molecular flexibility index (Phi) is 5.08. The topological polar surface area (TPSA) is 86.3 Å². The highest BCUT2D eigenvalue weighted by Crippen LogP contribution is 2.18. The molecule has 7 heteroatoms. The molecule has 1 aliphatic rings. The van der Waals surface area contributed by atoms with Gasteiger partial charge in [-0.15, -0.1) is 0 Å². The molecule has 24 heavy (non-hydrogen) atoms. The molecular weight excluding hydrogens is 324 g/mol. The molecule has 1 unspecified atom stereocenters. The van der Waals surface area contributed by atoms with Crippen LogP contribution in [-0.4, -0.2) is 50.0 Å². The molecule has 0 radical (unpaired) electrons. The molecule has 0 aliphatic carbocycles. The second-order valence-corrected chi connectivity index (χ2v) is 8.34. The summed E-state index contributed by atoms with van der Waals surface area (Å²) in [7, 11) is -2.89. The summed E-state index contributed by atoms with van der Waals surface area (Å²) in [6, 6.07) is 8.19. The first-order valence-corrected chi connectivity index (χ1v) is 10.2. The molecule has 0 bridgehead atoms. The Morgan fingerprint density at radius 1 is 1.38 bits per heavy atom. The maximum Gasteiger partial charge on any atom is 0.191 e. The van der Waals surface area contributed by atoms with Crippen molar-refractivity contribution < 1.29 is 8.42 Å². The predicted octanol–water partition coefficient (Wildman–Crippen LogP) is 1.45. The van der Waals surface area contributed by atoms with Gasteiger partial charge in [-0.3, -0.25) is 4.99 Å². The Balaban J connectivity index is 1.61. The lowest BCUT2D eigenvalue weighted by molar-refractivity contribution is 0.599. The minimum absolute atomic E-state index is 0.0408.